The van der Waals surface area contributed by atoms with Gasteiger partial charge in [-0.25, -0.2) is 8.42 Å². The average molecular weight is 421 g/mol. The van der Waals surface area contributed by atoms with Crippen molar-refractivity contribution in [2.24, 2.45) is 0 Å². The number of hydrogen-bond donors (Lipinski definition) is 0. The summed E-state index contributed by atoms with van der Waals surface area (Å²) in [5.74, 6) is -0.0301. The Morgan fingerprint density at radius 2 is 1.68 bits per heavy atom. The maximum atomic E-state index is 12.9. The second-order valence-corrected chi connectivity index (χ2v) is 8.64. The molecule has 0 atom stereocenters. The van der Waals surface area contributed by atoms with E-state index in [1.54, 1.807) is 4.90 Å². The van der Waals surface area contributed by atoms with Crippen LogP contribution in [-0.4, -0.2) is 87.5 Å². The zero-order valence-corrected chi connectivity index (χ0v) is 16.0. The van der Waals surface area contributed by atoms with Crippen LogP contribution in [0, 0.1) is 0 Å². The summed E-state index contributed by atoms with van der Waals surface area (Å²) in [6.07, 6.45) is -4.61. The second-order valence-electron chi connectivity index (χ2n) is 6.70. The number of carbonyl (C=O) groups excluding carboxylic acids is 1. The van der Waals surface area contributed by atoms with Crippen LogP contribution in [0.15, 0.2) is 29.2 Å². The van der Waals surface area contributed by atoms with Crippen molar-refractivity contribution in [3.05, 3.63) is 29.8 Å². The first kappa shape index (κ1) is 21.0. The van der Waals surface area contributed by atoms with Crippen LogP contribution in [0.25, 0.3) is 0 Å². The van der Waals surface area contributed by atoms with Gasteiger partial charge in [-0.3, -0.25) is 9.69 Å². The Labute approximate surface area is 161 Å². The van der Waals surface area contributed by atoms with Crippen molar-refractivity contribution in [3.8, 4) is 0 Å². The molecule has 2 heterocycles. The molecule has 0 aromatic heterocycles. The molecule has 1 amide bonds. The van der Waals surface area contributed by atoms with E-state index in [0.29, 0.717) is 45.5 Å². The van der Waals surface area contributed by atoms with Crippen LogP contribution in [0.5, 0.6) is 0 Å². The number of nitrogens with zero attached hydrogens (tertiary/aromatic N) is 3. The summed E-state index contributed by atoms with van der Waals surface area (Å²) in [4.78, 5) is 15.5. The molecule has 0 radical (unpaired) electrons. The molecule has 3 rings (SSSR count). The van der Waals surface area contributed by atoms with Crippen molar-refractivity contribution in [1.29, 1.82) is 0 Å². The highest BCUT2D eigenvalue weighted by Crippen LogP contribution is 2.31. The minimum atomic E-state index is -4.61. The molecule has 0 saturated carbocycles. The molecule has 0 aliphatic carbocycles. The normalized spacial score (nSPS) is 20.3. The number of carbonyl (C=O) groups is 1. The number of halogens is 3. The number of hydrogen-bond acceptors (Lipinski definition) is 5. The first-order chi connectivity index (χ1) is 13.2. The molecule has 0 unspecified atom stereocenters. The van der Waals surface area contributed by atoms with Crippen LogP contribution in [0.4, 0.5) is 13.2 Å². The summed E-state index contributed by atoms with van der Waals surface area (Å²) in [7, 11) is -4.02. The Bertz CT molecular complexity index is 802. The molecule has 1 aromatic rings. The summed E-state index contributed by atoms with van der Waals surface area (Å²) in [5, 5.41) is 0. The van der Waals surface area contributed by atoms with Gasteiger partial charge < -0.3 is 9.64 Å². The van der Waals surface area contributed by atoms with Crippen molar-refractivity contribution in [3.63, 3.8) is 0 Å². The van der Waals surface area contributed by atoms with Gasteiger partial charge in [0, 0.05) is 39.3 Å². The Morgan fingerprint density at radius 3 is 2.29 bits per heavy atom. The van der Waals surface area contributed by atoms with E-state index >= 15 is 0 Å². The third-order valence-corrected chi connectivity index (χ3v) is 6.75. The first-order valence-electron chi connectivity index (χ1n) is 8.93. The molecule has 1 aromatic carbocycles. The van der Waals surface area contributed by atoms with Gasteiger partial charge in [-0.15, -0.1) is 0 Å². The number of sulfonamides is 1. The summed E-state index contributed by atoms with van der Waals surface area (Å²) in [5.41, 5.74) is -0.997. The van der Waals surface area contributed by atoms with E-state index in [2.05, 4.69) is 0 Å². The van der Waals surface area contributed by atoms with E-state index in [-0.39, 0.29) is 30.4 Å². The summed E-state index contributed by atoms with van der Waals surface area (Å²) in [6, 6.07) is 3.75. The van der Waals surface area contributed by atoms with E-state index < -0.39 is 21.8 Å². The van der Waals surface area contributed by atoms with Gasteiger partial charge in [-0.1, -0.05) is 6.07 Å². The van der Waals surface area contributed by atoms with Crippen molar-refractivity contribution >= 4 is 15.9 Å². The van der Waals surface area contributed by atoms with Crippen LogP contribution in [0.2, 0.25) is 0 Å². The van der Waals surface area contributed by atoms with E-state index in [0.717, 1.165) is 16.4 Å². The fraction of sp³-hybridized carbons (Fsp3) is 0.588. The molecule has 28 heavy (non-hydrogen) atoms. The monoisotopic (exact) mass is 421 g/mol. The van der Waals surface area contributed by atoms with E-state index in [9.17, 15) is 26.4 Å². The minimum absolute atomic E-state index is 0.0301. The summed E-state index contributed by atoms with van der Waals surface area (Å²) in [6.45, 7) is 3.22. The third-order valence-electron chi connectivity index (χ3n) is 4.85. The minimum Gasteiger partial charge on any atom is -0.378 e. The van der Waals surface area contributed by atoms with Crippen molar-refractivity contribution in [2.75, 3.05) is 59.0 Å². The predicted octanol–water partition coefficient (Wildman–Crippen LogP) is 0.871. The molecule has 7 nitrogen and oxygen atoms in total. The highest BCUT2D eigenvalue weighted by molar-refractivity contribution is 7.89. The van der Waals surface area contributed by atoms with Crippen LogP contribution >= 0.6 is 0 Å². The quantitative estimate of drug-likeness (QED) is 0.722. The Hall–Kier alpha value is -1.69. The standard InChI is InChI=1S/C17H22F3N3O4S/c18-17(19,20)14-2-1-3-15(12-14)28(25,26)23-6-4-21(5-7-23)13-16(24)22-8-10-27-11-9-22/h1-3,12H,4-11,13H2. The van der Waals surface area contributed by atoms with Gasteiger partial charge in [0.2, 0.25) is 15.9 Å². The number of ether oxygens (including phenoxy) is 1. The maximum Gasteiger partial charge on any atom is 0.416 e. The number of rotatable bonds is 4. The summed E-state index contributed by atoms with van der Waals surface area (Å²) < 4.78 is 70.4. The molecular weight excluding hydrogens is 399 g/mol. The van der Waals surface area contributed by atoms with Crippen LogP contribution in [0.3, 0.4) is 0 Å². The lowest BCUT2D eigenvalue weighted by Gasteiger charge is -2.35. The number of piperazine rings is 1. The van der Waals surface area contributed by atoms with Gasteiger partial charge in [-0.05, 0) is 18.2 Å². The first-order valence-corrected chi connectivity index (χ1v) is 10.4. The Kier molecular flexibility index (Phi) is 6.28. The van der Waals surface area contributed by atoms with Gasteiger partial charge >= 0.3 is 6.18 Å². The molecule has 11 heteroatoms. The Balaban J connectivity index is 1.60. The van der Waals surface area contributed by atoms with E-state index in [4.69, 9.17) is 4.74 Å². The number of morpholine rings is 1. The Morgan fingerprint density at radius 1 is 1.04 bits per heavy atom. The molecule has 0 N–H and O–H groups in total. The number of benzene rings is 1. The molecule has 0 bridgehead atoms. The average Bonchev–Trinajstić information content (AvgIpc) is 2.68. The van der Waals surface area contributed by atoms with E-state index in [1.165, 1.54) is 6.07 Å². The predicted molar refractivity (Wildman–Crippen MR) is 94.0 cm³/mol. The largest absolute Gasteiger partial charge is 0.416 e. The molecule has 2 saturated heterocycles. The van der Waals surface area contributed by atoms with Gasteiger partial charge in [-0.2, -0.15) is 17.5 Å². The smallest absolute Gasteiger partial charge is 0.378 e. The molecule has 156 valence electrons. The van der Waals surface area contributed by atoms with Crippen molar-refractivity contribution in [2.45, 2.75) is 11.1 Å². The van der Waals surface area contributed by atoms with Gasteiger partial charge in [0.1, 0.15) is 0 Å². The van der Waals surface area contributed by atoms with Gasteiger partial charge in [0.25, 0.3) is 0 Å². The fourth-order valence-electron chi connectivity index (χ4n) is 3.21. The molecule has 2 fully saturated rings. The van der Waals surface area contributed by atoms with E-state index in [1.807, 2.05) is 4.90 Å². The number of amides is 1. The maximum absolute atomic E-state index is 12.9. The van der Waals surface area contributed by atoms with Crippen LogP contribution < -0.4 is 0 Å². The SMILES string of the molecule is O=C(CN1CCN(S(=O)(=O)c2cccc(C(F)(F)F)c2)CC1)N1CCOCC1. The fourth-order valence-corrected chi connectivity index (χ4v) is 4.68. The van der Waals surface area contributed by atoms with Crippen molar-refractivity contribution in [1.82, 2.24) is 14.1 Å². The highest BCUT2D eigenvalue weighted by atomic mass is 32.2. The molecule has 0 spiro atoms. The molecular formula is C17H22F3N3O4S. The molecule has 2 aliphatic rings. The van der Waals surface area contributed by atoms with Crippen LogP contribution in [0.1, 0.15) is 5.56 Å². The van der Waals surface area contributed by atoms with Gasteiger partial charge in [0.05, 0.1) is 30.2 Å². The zero-order valence-electron chi connectivity index (χ0n) is 15.2. The highest BCUT2D eigenvalue weighted by Gasteiger charge is 2.34. The third kappa shape index (κ3) is 4.83. The molecule has 2 aliphatic heterocycles. The van der Waals surface area contributed by atoms with Crippen LogP contribution in [-0.2, 0) is 25.7 Å². The summed E-state index contributed by atoms with van der Waals surface area (Å²) >= 11 is 0. The van der Waals surface area contributed by atoms with Gasteiger partial charge in [0.15, 0.2) is 0 Å². The topological polar surface area (TPSA) is 70.2 Å². The second kappa shape index (κ2) is 8.36. The lowest BCUT2D eigenvalue weighted by Crippen LogP contribution is -2.52. The lowest BCUT2D eigenvalue weighted by molar-refractivity contribution is -0.138. The van der Waals surface area contributed by atoms with Crippen molar-refractivity contribution < 1.29 is 31.1 Å². The zero-order chi connectivity index (χ0) is 20.4. The number of alkyl halides is 3. The lowest BCUT2D eigenvalue weighted by atomic mass is 10.2.